The number of rotatable bonds is 2. The van der Waals surface area contributed by atoms with Crippen LogP contribution in [0.1, 0.15) is 19.4 Å². The van der Waals surface area contributed by atoms with Gasteiger partial charge in [0.1, 0.15) is 11.4 Å². The topological polar surface area (TPSA) is 66.8 Å². The number of aryl methyl sites for hydroxylation is 1. The summed E-state index contributed by atoms with van der Waals surface area (Å²) in [6.45, 7) is 12.6. The van der Waals surface area contributed by atoms with Crippen molar-refractivity contribution in [3.8, 4) is 0 Å². The number of carbonyl (C=O) groups is 1. The Morgan fingerprint density at radius 3 is 2.48 bits per heavy atom. The minimum atomic E-state index is -0.860. The lowest BCUT2D eigenvalue weighted by Gasteiger charge is -2.29. The maximum atomic E-state index is 13.0. The van der Waals surface area contributed by atoms with E-state index < -0.39 is 5.54 Å². The van der Waals surface area contributed by atoms with Crippen molar-refractivity contribution in [2.24, 2.45) is 0 Å². The van der Waals surface area contributed by atoms with E-state index in [1.807, 2.05) is 20.8 Å². The zero-order valence-corrected chi connectivity index (χ0v) is 15.0. The second-order valence-electron chi connectivity index (χ2n) is 6.34. The summed E-state index contributed by atoms with van der Waals surface area (Å²) < 4.78 is 0. The SMILES string of the molecule is [C-]#[N+]c1ccc(N2C(=O)C(C)(C)N(c3ccc(N)nc3)C2=S)cc1C. The van der Waals surface area contributed by atoms with E-state index in [1.54, 1.807) is 41.4 Å². The van der Waals surface area contributed by atoms with Crippen LogP contribution >= 0.6 is 12.2 Å². The number of nitrogen functional groups attached to an aromatic ring is 1. The molecule has 1 fully saturated rings. The second kappa shape index (κ2) is 5.83. The molecule has 1 amide bonds. The zero-order chi connectivity index (χ0) is 18.4. The first-order valence-electron chi connectivity index (χ1n) is 7.65. The molecule has 1 aromatic carbocycles. The number of nitrogens with zero attached hydrogens (tertiary/aromatic N) is 4. The molecule has 1 saturated heterocycles. The summed E-state index contributed by atoms with van der Waals surface area (Å²) in [7, 11) is 0. The number of anilines is 3. The van der Waals surface area contributed by atoms with Gasteiger partial charge in [0.25, 0.3) is 5.91 Å². The average molecular weight is 351 g/mol. The fourth-order valence-electron chi connectivity index (χ4n) is 2.89. The molecule has 2 aromatic rings. The van der Waals surface area contributed by atoms with Crippen LogP contribution in [-0.4, -0.2) is 21.5 Å². The molecule has 0 spiro atoms. The summed E-state index contributed by atoms with van der Waals surface area (Å²) in [5, 5.41) is 0.372. The number of pyridine rings is 1. The van der Waals surface area contributed by atoms with Crippen molar-refractivity contribution in [3.63, 3.8) is 0 Å². The van der Waals surface area contributed by atoms with Gasteiger partial charge in [-0.3, -0.25) is 9.69 Å². The summed E-state index contributed by atoms with van der Waals surface area (Å²) in [5.74, 6) is 0.268. The molecule has 3 rings (SSSR count). The Balaban J connectivity index is 2.07. The van der Waals surface area contributed by atoms with Crippen LogP contribution < -0.4 is 15.5 Å². The number of nitrogens with two attached hydrogens (primary N) is 1. The van der Waals surface area contributed by atoms with Gasteiger partial charge < -0.3 is 10.6 Å². The fourth-order valence-corrected chi connectivity index (χ4v) is 3.41. The monoisotopic (exact) mass is 351 g/mol. The van der Waals surface area contributed by atoms with Gasteiger partial charge in [0.05, 0.1) is 18.5 Å². The van der Waals surface area contributed by atoms with Gasteiger partial charge in [-0.15, -0.1) is 0 Å². The van der Waals surface area contributed by atoms with Crippen LogP contribution in [-0.2, 0) is 4.79 Å². The van der Waals surface area contributed by atoms with Crippen molar-refractivity contribution in [2.75, 3.05) is 15.5 Å². The third-order valence-electron chi connectivity index (χ3n) is 4.26. The molecule has 0 radical (unpaired) electrons. The molecule has 0 saturated carbocycles. The van der Waals surface area contributed by atoms with Gasteiger partial charge in [-0.05, 0) is 62.8 Å². The van der Waals surface area contributed by atoms with E-state index in [0.29, 0.717) is 28.0 Å². The minimum Gasteiger partial charge on any atom is -0.384 e. The van der Waals surface area contributed by atoms with E-state index in [-0.39, 0.29) is 5.91 Å². The Labute approximate surface area is 151 Å². The van der Waals surface area contributed by atoms with Crippen LogP contribution in [0.25, 0.3) is 4.85 Å². The van der Waals surface area contributed by atoms with Crippen molar-refractivity contribution in [2.45, 2.75) is 26.3 Å². The average Bonchev–Trinajstić information content (AvgIpc) is 2.74. The van der Waals surface area contributed by atoms with Crippen molar-refractivity contribution in [1.82, 2.24) is 4.98 Å². The number of hydrogen-bond donors (Lipinski definition) is 1. The minimum absolute atomic E-state index is 0.135. The largest absolute Gasteiger partial charge is 0.384 e. The first-order valence-corrected chi connectivity index (χ1v) is 8.06. The van der Waals surface area contributed by atoms with E-state index in [4.69, 9.17) is 24.5 Å². The molecule has 0 atom stereocenters. The van der Waals surface area contributed by atoms with Gasteiger partial charge in [0.15, 0.2) is 10.8 Å². The first-order chi connectivity index (χ1) is 11.8. The number of aromatic nitrogens is 1. The van der Waals surface area contributed by atoms with Crippen LogP contribution in [0.15, 0.2) is 36.5 Å². The number of thiocarbonyl (C=S) groups is 1. The standard InChI is InChI=1S/C18H17N5OS/c1-11-9-12(5-7-14(11)20-4)22-16(24)18(2,3)23(17(22)25)13-6-8-15(19)21-10-13/h5-10H,1-3H3,(H2,19,21). The molecular weight excluding hydrogens is 334 g/mol. The lowest BCUT2D eigenvalue weighted by atomic mass is 10.0. The van der Waals surface area contributed by atoms with E-state index in [0.717, 1.165) is 5.56 Å². The maximum absolute atomic E-state index is 13.0. The van der Waals surface area contributed by atoms with Crippen molar-refractivity contribution in [3.05, 3.63) is 53.5 Å². The first kappa shape index (κ1) is 16.9. The molecule has 7 heteroatoms. The molecule has 1 aliphatic heterocycles. The van der Waals surface area contributed by atoms with Crippen molar-refractivity contribution < 1.29 is 4.79 Å². The second-order valence-corrected chi connectivity index (χ2v) is 6.71. The molecule has 1 aromatic heterocycles. The third-order valence-corrected chi connectivity index (χ3v) is 4.62. The third kappa shape index (κ3) is 2.61. The van der Waals surface area contributed by atoms with Crippen LogP contribution in [0.5, 0.6) is 0 Å². The van der Waals surface area contributed by atoms with Crippen LogP contribution in [0.2, 0.25) is 0 Å². The van der Waals surface area contributed by atoms with Crippen LogP contribution in [0, 0.1) is 13.5 Å². The highest BCUT2D eigenvalue weighted by Crippen LogP contribution is 2.37. The van der Waals surface area contributed by atoms with Gasteiger partial charge in [-0.25, -0.2) is 9.83 Å². The lowest BCUT2D eigenvalue weighted by Crippen LogP contribution is -2.44. The Morgan fingerprint density at radius 1 is 1.24 bits per heavy atom. The Hall–Kier alpha value is -2.98. The molecule has 6 nitrogen and oxygen atoms in total. The summed E-state index contributed by atoms with van der Waals surface area (Å²) >= 11 is 5.60. The fraction of sp³-hybridized carbons (Fsp3) is 0.222. The van der Waals surface area contributed by atoms with Crippen molar-refractivity contribution >= 4 is 46.1 Å². The molecule has 2 heterocycles. The van der Waals surface area contributed by atoms with Crippen molar-refractivity contribution in [1.29, 1.82) is 0 Å². The number of amides is 1. The van der Waals surface area contributed by atoms with Gasteiger partial charge in [0.2, 0.25) is 0 Å². The zero-order valence-electron chi connectivity index (χ0n) is 14.1. The van der Waals surface area contributed by atoms with E-state index in [2.05, 4.69) is 9.83 Å². The number of hydrogen-bond acceptors (Lipinski definition) is 4. The lowest BCUT2D eigenvalue weighted by molar-refractivity contribution is -0.120. The molecule has 0 unspecified atom stereocenters. The Kier molecular flexibility index (Phi) is 3.93. The molecule has 2 N–H and O–H groups in total. The Morgan fingerprint density at radius 2 is 1.92 bits per heavy atom. The van der Waals surface area contributed by atoms with Gasteiger partial charge in [0, 0.05) is 5.69 Å². The summed E-state index contributed by atoms with van der Waals surface area (Å²) in [6.07, 6.45) is 1.60. The molecule has 25 heavy (non-hydrogen) atoms. The highest BCUT2D eigenvalue weighted by molar-refractivity contribution is 7.81. The number of benzene rings is 1. The summed E-state index contributed by atoms with van der Waals surface area (Å²) in [5.41, 5.74) is 7.50. The van der Waals surface area contributed by atoms with Gasteiger partial charge in [-0.2, -0.15) is 0 Å². The summed E-state index contributed by atoms with van der Waals surface area (Å²) in [4.78, 5) is 23.9. The van der Waals surface area contributed by atoms with Crippen LogP contribution in [0.3, 0.4) is 0 Å². The van der Waals surface area contributed by atoms with E-state index in [1.165, 1.54) is 4.90 Å². The molecule has 0 aliphatic carbocycles. The van der Waals surface area contributed by atoms with Gasteiger partial charge in [-0.1, -0.05) is 6.07 Å². The predicted molar refractivity (Wildman–Crippen MR) is 103 cm³/mol. The number of carbonyl (C=O) groups excluding carboxylic acids is 1. The normalized spacial score (nSPS) is 16.2. The maximum Gasteiger partial charge on any atom is 0.259 e. The van der Waals surface area contributed by atoms with E-state index >= 15 is 0 Å². The smallest absolute Gasteiger partial charge is 0.259 e. The predicted octanol–water partition coefficient (Wildman–Crippen LogP) is 3.44. The van der Waals surface area contributed by atoms with Crippen LogP contribution in [0.4, 0.5) is 22.9 Å². The molecule has 1 aliphatic rings. The molecule has 126 valence electrons. The molecular formula is C18H17N5OS. The van der Waals surface area contributed by atoms with Gasteiger partial charge >= 0.3 is 0 Å². The quantitative estimate of drug-likeness (QED) is 0.663. The molecule has 0 bridgehead atoms. The Bertz CT molecular complexity index is 914. The summed E-state index contributed by atoms with van der Waals surface area (Å²) in [6, 6.07) is 8.72. The van der Waals surface area contributed by atoms with E-state index in [9.17, 15) is 4.79 Å². The highest BCUT2D eigenvalue weighted by Gasteiger charge is 2.50. The highest BCUT2D eigenvalue weighted by atomic mass is 32.1.